The van der Waals surface area contributed by atoms with Gasteiger partial charge in [-0.3, -0.25) is 10.0 Å². The zero-order chi connectivity index (χ0) is 17.7. The lowest BCUT2D eigenvalue weighted by Crippen LogP contribution is -2.50. The molecule has 1 heterocycles. The van der Waals surface area contributed by atoms with Gasteiger partial charge >= 0.3 is 6.03 Å². The van der Waals surface area contributed by atoms with Crippen LogP contribution < -0.4 is 16.1 Å². The summed E-state index contributed by atoms with van der Waals surface area (Å²) in [5.74, 6) is -0.731. The van der Waals surface area contributed by atoms with Crippen LogP contribution in [0, 0.1) is 0 Å². The number of amides is 3. The fraction of sp³-hybridized carbons (Fsp3) is 0.312. The summed E-state index contributed by atoms with van der Waals surface area (Å²) in [6.07, 6.45) is 3.45. The van der Waals surface area contributed by atoms with Gasteiger partial charge in [-0.2, -0.15) is 5.10 Å². The average Bonchev–Trinajstić information content (AvgIpc) is 3.05. The van der Waals surface area contributed by atoms with Gasteiger partial charge in [0.15, 0.2) is 0 Å². The molecule has 8 heteroatoms. The molecule has 3 amide bonds. The quantitative estimate of drug-likeness (QED) is 0.503. The van der Waals surface area contributed by atoms with Gasteiger partial charge in [-0.15, -0.1) is 0 Å². The number of rotatable bonds is 4. The Bertz CT molecular complexity index is 690. The van der Waals surface area contributed by atoms with Gasteiger partial charge in [0.05, 0.1) is 5.69 Å². The normalized spacial score (nSPS) is 12.3. The van der Waals surface area contributed by atoms with Crippen molar-refractivity contribution in [2.75, 3.05) is 0 Å². The molecule has 24 heavy (non-hydrogen) atoms. The molecule has 0 aliphatic heterocycles. The molecule has 1 aromatic heterocycles. The van der Waals surface area contributed by atoms with Crippen molar-refractivity contribution in [2.45, 2.75) is 32.4 Å². The number of aromatic nitrogens is 2. The van der Waals surface area contributed by atoms with E-state index in [1.165, 1.54) is 0 Å². The Morgan fingerprint density at radius 1 is 1.21 bits per heavy atom. The van der Waals surface area contributed by atoms with E-state index >= 15 is 0 Å². The smallest absolute Gasteiger partial charge is 0.316 e. The summed E-state index contributed by atoms with van der Waals surface area (Å²) >= 11 is 0. The van der Waals surface area contributed by atoms with Crippen molar-refractivity contribution in [1.82, 2.24) is 25.9 Å². The first-order valence-electron chi connectivity index (χ1n) is 7.43. The third-order valence-corrected chi connectivity index (χ3v) is 3.13. The number of nitrogens with zero attached hydrogens (tertiary/aromatic N) is 2. The molecule has 0 aliphatic rings. The largest absolute Gasteiger partial charge is 0.334 e. The van der Waals surface area contributed by atoms with Gasteiger partial charge in [-0.25, -0.2) is 15.0 Å². The summed E-state index contributed by atoms with van der Waals surface area (Å²) < 4.78 is 1.67. The zero-order valence-corrected chi connectivity index (χ0v) is 13.8. The lowest BCUT2D eigenvalue weighted by molar-refractivity contribution is -0.131. The van der Waals surface area contributed by atoms with E-state index in [9.17, 15) is 9.59 Å². The molecular formula is C16H21N5O3. The molecule has 0 saturated heterocycles. The van der Waals surface area contributed by atoms with Gasteiger partial charge in [0, 0.05) is 17.9 Å². The predicted molar refractivity (Wildman–Crippen MR) is 87.7 cm³/mol. The lowest BCUT2D eigenvalue weighted by Gasteiger charge is -2.24. The first-order valence-corrected chi connectivity index (χ1v) is 7.43. The van der Waals surface area contributed by atoms with E-state index in [4.69, 9.17) is 5.21 Å². The number of carbonyl (C=O) groups excluding carboxylic acids is 2. The van der Waals surface area contributed by atoms with Crippen molar-refractivity contribution < 1.29 is 14.8 Å². The van der Waals surface area contributed by atoms with Gasteiger partial charge in [0.25, 0.3) is 5.91 Å². The van der Waals surface area contributed by atoms with E-state index in [1.54, 1.807) is 52.9 Å². The number of hydrogen-bond donors (Lipinski definition) is 4. The van der Waals surface area contributed by atoms with Crippen molar-refractivity contribution in [3.8, 4) is 5.69 Å². The van der Waals surface area contributed by atoms with Gasteiger partial charge < -0.3 is 10.6 Å². The second-order valence-electron chi connectivity index (χ2n) is 6.30. The van der Waals surface area contributed by atoms with Crippen LogP contribution in [0.1, 0.15) is 32.4 Å². The van der Waals surface area contributed by atoms with E-state index in [0.29, 0.717) is 5.56 Å². The molecule has 0 aliphatic carbocycles. The molecule has 1 unspecified atom stereocenters. The molecule has 1 aromatic carbocycles. The first-order chi connectivity index (χ1) is 11.3. The molecule has 128 valence electrons. The SMILES string of the molecule is CC(C)(C)NC(=O)NC(C(=O)NO)c1ccc(-n2cccn2)cc1. The maximum atomic E-state index is 12.0. The van der Waals surface area contributed by atoms with E-state index < -0.39 is 23.5 Å². The number of urea groups is 1. The summed E-state index contributed by atoms with van der Waals surface area (Å²) in [6, 6.07) is 7.18. The second kappa shape index (κ2) is 7.14. The molecule has 0 fully saturated rings. The van der Waals surface area contributed by atoms with Crippen LogP contribution >= 0.6 is 0 Å². The number of hydrogen-bond acceptors (Lipinski definition) is 4. The van der Waals surface area contributed by atoms with Crippen LogP contribution in [0.15, 0.2) is 42.7 Å². The Balaban J connectivity index is 2.18. The Labute approximate surface area is 139 Å². The van der Waals surface area contributed by atoms with Gasteiger partial charge in [-0.1, -0.05) is 12.1 Å². The standard InChI is InChI=1S/C16H21N5O3/c1-16(2,3)19-15(23)18-13(14(22)20-24)11-5-7-12(8-6-11)21-10-4-9-17-21/h4-10,13,24H,1-3H3,(H,20,22)(H2,18,19,23). The number of hydroxylamine groups is 1. The Hall–Kier alpha value is -2.87. The van der Waals surface area contributed by atoms with Crippen LogP contribution in [-0.4, -0.2) is 32.5 Å². The highest BCUT2D eigenvalue weighted by molar-refractivity contribution is 5.87. The van der Waals surface area contributed by atoms with E-state index in [-0.39, 0.29) is 0 Å². The average molecular weight is 331 g/mol. The number of benzene rings is 1. The zero-order valence-electron chi connectivity index (χ0n) is 13.8. The third kappa shape index (κ3) is 4.56. The summed E-state index contributed by atoms with van der Waals surface area (Å²) in [7, 11) is 0. The summed E-state index contributed by atoms with van der Waals surface area (Å²) in [5.41, 5.74) is 2.47. The Kier molecular flexibility index (Phi) is 5.20. The number of nitrogens with one attached hydrogen (secondary N) is 3. The van der Waals surface area contributed by atoms with Crippen LogP contribution in [0.25, 0.3) is 5.69 Å². The van der Waals surface area contributed by atoms with Gasteiger partial charge in [-0.05, 0) is 44.5 Å². The monoisotopic (exact) mass is 331 g/mol. The lowest BCUT2D eigenvalue weighted by atomic mass is 10.1. The van der Waals surface area contributed by atoms with E-state index in [1.807, 2.05) is 20.8 Å². The Morgan fingerprint density at radius 2 is 1.88 bits per heavy atom. The molecule has 0 bridgehead atoms. The fourth-order valence-corrected chi connectivity index (χ4v) is 2.11. The van der Waals surface area contributed by atoms with Crippen molar-refractivity contribution in [3.05, 3.63) is 48.3 Å². The fourth-order valence-electron chi connectivity index (χ4n) is 2.11. The molecule has 0 spiro atoms. The van der Waals surface area contributed by atoms with Crippen LogP contribution in [0.4, 0.5) is 4.79 Å². The summed E-state index contributed by atoms with van der Waals surface area (Å²) in [5, 5.41) is 18.3. The highest BCUT2D eigenvalue weighted by Gasteiger charge is 2.24. The highest BCUT2D eigenvalue weighted by atomic mass is 16.5. The molecule has 8 nitrogen and oxygen atoms in total. The molecule has 1 atom stereocenters. The predicted octanol–water partition coefficient (Wildman–Crippen LogP) is 1.52. The minimum absolute atomic E-state index is 0.450. The molecule has 0 radical (unpaired) electrons. The summed E-state index contributed by atoms with van der Waals surface area (Å²) in [6.45, 7) is 5.48. The van der Waals surface area contributed by atoms with E-state index in [2.05, 4.69) is 15.7 Å². The summed E-state index contributed by atoms with van der Waals surface area (Å²) in [4.78, 5) is 23.9. The van der Waals surface area contributed by atoms with Crippen LogP contribution in [0.2, 0.25) is 0 Å². The molecule has 2 rings (SSSR count). The highest BCUT2D eigenvalue weighted by Crippen LogP contribution is 2.16. The molecule has 2 aromatic rings. The van der Waals surface area contributed by atoms with Crippen molar-refractivity contribution >= 4 is 11.9 Å². The van der Waals surface area contributed by atoms with Crippen LogP contribution in [0.5, 0.6) is 0 Å². The number of carbonyl (C=O) groups is 2. The Morgan fingerprint density at radius 3 is 2.38 bits per heavy atom. The molecule has 0 saturated carbocycles. The maximum Gasteiger partial charge on any atom is 0.316 e. The topological polar surface area (TPSA) is 108 Å². The second-order valence-corrected chi connectivity index (χ2v) is 6.30. The molecular weight excluding hydrogens is 310 g/mol. The van der Waals surface area contributed by atoms with Crippen molar-refractivity contribution in [2.24, 2.45) is 0 Å². The van der Waals surface area contributed by atoms with E-state index in [0.717, 1.165) is 5.69 Å². The van der Waals surface area contributed by atoms with Crippen molar-refractivity contribution in [3.63, 3.8) is 0 Å². The first kappa shape index (κ1) is 17.5. The van der Waals surface area contributed by atoms with Crippen LogP contribution in [0.3, 0.4) is 0 Å². The van der Waals surface area contributed by atoms with Gasteiger partial charge in [0.1, 0.15) is 6.04 Å². The maximum absolute atomic E-state index is 12.0. The van der Waals surface area contributed by atoms with Gasteiger partial charge in [0.2, 0.25) is 0 Å². The third-order valence-electron chi connectivity index (χ3n) is 3.13. The molecule has 4 N–H and O–H groups in total. The van der Waals surface area contributed by atoms with Crippen LogP contribution in [-0.2, 0) is 4.79 Å². The van der Waals surface area contributed by atoms with Crippen molar-refractivity contribution in [1.29, 1.82) is 0 Å². The minimum atomic E-state index is -1.02. The minimum Gasteiger partial charge on any atom is -0.334 e.